The lowest BCUT2D eigenvalue weighted by Crippen LogP contribution is -1.95. The van der Waals surface area contributed by atoms with E-state index < -0.39 is 0 Å². The van der Waals surface area contributed by atoms with E-state index in [-0.39, 0.29) is 4.83 Å². The number of hydrogen-bond acceptors (Lipinski definition) is 1. The highest BCUT2D eigenvalue weighted by Gasteiger charge is 2.10. The normalized spacial score (nSPS) is 12.1. The Kier molecular flexibility index (Phi) is 6.31. The van der Waals surface area contributed by atoms with Crippen LogP contribution in [0.1, 0.15) is 48.2 Å². The molecule has 112 valence electrons. The van der Waals surface area contributed by atoms with Gasteiger partial charge in [0.15, 0.2) is 0 Å². The molecule has 1 nitrogen and oxygen atoms in total. The first-order valence-corrected chi connectivity index (χ1v) is 8.61. The van der Waals surface area contributed by atoms with Crippen LogP contribution in [0.3, 0.4) is 0 Å². The van der Waals surface area contributed by atoms with Gasteiger partial charge in [-0.2, -0.15) is 0 Å². The highest BCUT2D eigenvalue weighted by Crippen LogP contribution is 2.31. The average molecular weight is 347 g/mol. The van der Waals surface area contributed by atoms with Crippen molar-refractivity contribution in [2.24, 2.45) is 0 Å². The number of rotatable bonds is 7. The van der Waals surface area contributed by atoms with E-state index >= 15 is 0 Å². The quantitative estimate of drug-likeness (QED) is 0.566. The maximum absolute atomic E-state index is 5.48. The standard InChI is InChI=1S/C19H23BrO/c1-3-5-6-15-7-9-16(10-8-15)19(20)17-11-13-18(14-12-17)21-4-2/h7-14,19H,3-6H2,1-2H3. The van der Waals surface area contributed by atoms with E-state index in [0.717, 1.165) is 5.75 Å². The zero-order valence-corrected chi connectivity index (χ0v) is 14.4. The summed E-state index contributed by atoms with van der Waals surface area (Å²) in [4.78, 5) is 0.230. The Morgan fingerprint density at radius 3 is 2.00 bits per heavy atom. The SMILES string of the molecule is CCCCc1ccc(C(Br)c2ccc(OCC)cc2)cc1. The molecule has 0 radical (unpaired) electrons. The van der Waals surface area contributed by atoms with Crippen LogP contribution < -0.4 is 4.74 Å². The zero-order chi connectivity index (χ0) is 15.1. The van der Waals surface area contributed by atoms with Gasteiger partial charge >= 0.3 is 0 Å². The van der Waals surface area contributed by atoms with E-state index in [1.807, 2.05) is 19.1 Å². The molecule has 1 unspecified atom stereocenters. The Morgan fingerprint density at radius 2 is 1.48 bits per heavy atom. The molecule has 0 heterocycles. The monoisotopic (exact) mass is 346 g/mol. The predicted octanol–water partition coefficient (Wildman–Crippen LogP) is 5.91. The van der Waals surface area contributed by atoms with Crippen LogP contribution in [0.2, 0.25) is 0 Å². The van der Waals surface area contributed by atoms with Crippen LogP contribution in [0.5, 0.6) is 5.75 Å². The van der Waals surface area contributed by atoms with Gasteiger partial charge in [0.1, 0.15) is 5.75 Å². The summed E-state index contributed by atoms with van der Waals surface area (Å²) >= 11 is 3.79. The number of halogens is 1. The maximum atomic E-state index is 5.48. The van der Waals surface area contributed by atoms with Crippen molar-refractivity contribution in [1.82, 2.24) is 0 Å². The van der Waals surface area contributed by atoms with Gasteiger partial charge in [-0.3, -0.25) is 0 Å². The lowest BCUT2D eigenvalue weighted by Gasteiger charge is -2.12. The summed E-state index contributed by atoms with van der Waals surface area (Å²) < 4.78 is 5.48. The molecule has 0 saturated carbocycles. The summed E-state index contributed by atoms with van der Waals surface area (Å²) in [6.45, 7) is 4.94. The molecule has 0 aliphatic carbocycles. The Balaban J connectivity index is 2.06. The largest absolute Gasteiger partial charge is 0.494 e. The molecule has 0 amide bonds. The molecule has 0 fully saturated rings. The number of aryl methyl sites for hydroxylation is 1. The molecule has 21 heavy (non-hydrogen) atoms. The third-order valence-electron chi connectivity index (χ3n) is 3.58. The Labute approximate surface area is 136 Å². The highest BCUT2D eigenvalue weighted by atomic mass is 79.9. The first kappa shape index (κ1) is 16.1. The summed E-state index contributed by atoms with van der Waals surface area (Å²) in [5.74, 6) is 0.927. The summed E-state index contributed by atoms with van der Waals surface area (Å²) in [5.41, 5.74) is 3.96. The van der Waals surface area contributed by atoms with Gasteiger partial charge in [0.25, 0.3) is 0 Å². The first-order valence-electron chi connectivity index (χ1n) is 7.70. The second-order valence-corrected chi connectivity index (χ2v) is 6.13. The highest BCUT2D eigenvalue weighted by molar-refractivity contribution is 9.09. The van der Waals surface area contributed by atoms with E-state index in [0.29, 0.717) is 6.61 Å². The molecule has 2 aromatic carbocycles. The molecular weight excluding hydrogens is 324 g/mol. The maximum Gasteiger partial charge on any atom is 0.119 e. The van der Waals surface area contributed by atoms with Crippen molar-refractivity contribution >= 4 is 15.9 Å². The second kappa shape index (κ2) is 8.23. The van der Waals surface area contributed by atoms with Crippen LogP contribution in [0.25, 0.3) is 0 Å². The first-order chi connectivity index (χ1) is 10.2. The van der Waals surface area contributed by atoms with Crippen molar-refractivity contribution in [3.05, 3.63) is 65.2 Å². The van der Waals surface area contributed by atoms with Gasteiger partial charge in [0, 0.05) is 0 Å². The fraction of sp³-hybridized carbons (Fsp3) is 0.368. The van der Waals surface area contributed by atoms with Crippen molar-refractivity contribution in [2.45, 2.75) is 37.9 Å². The van der Waals surface area contributed by atoms with Crippen LogP contribution in [0.15, 0.2) is 48.5 Å². The van der Waals surface area contributed by atoms with E-state index in [2.05, 4.69) is 59.3 Å². The topological polar surface area (TPSA) is 9.23 Å². The van der Waals surface area contributed by atoms with E-state index in [1.54, 1.807) is 0 Å². The average Bonchev–Trinajstić information content (AvgIpc) is 2.54. The van der Waals surface area contributed by atoms with Gasteiger partial charge in [-0.05, 0) is 48.6 Å². The summed E-state index contributed by atoms with van der Waals surface area (Å²) in [7, 11) is 0. The molecular formula is C19H23BrO. The van der Waals surface area contributed by atoms with E-state index in [1.165, 1.54) is 36.0 Å². The predicted molar refractivity (Wildman–Crippen MR) is 93.4 cm³/mol. The van der Waals surface area contributed by atoms with Crippen LogP contribution in [0.4, 0.5) is 0 Å². The van der Waals surface area contributed by atoms with E-state index in [4.69, 9.17) is 4.74 Å². The summed E-state index contributed by atoms with van der Waals surface area (Å²) in [6, 6.07) is 17.2. The Bertz CT molecular complexity index is 530. The Hall–Kier alpha value is -1.28. The van der Waals surface area contributed by atoms with Crippen molar-refractivity contribution in [2.75, 3.05) is 6.61 Å². The number of ether oxygens (including phenoxy) is 1. The number of benzene rings is 2. The second-order valence-electron chi connectivity index (χ2n) is 5.21. The molecule has 0 aromatic heterocycles. The molecule has 2 aromatic rings. The number of alkyl halides is 1. The molecule has 0 aliphatic heterocycles. The van der Waals surface area contributed by atoms with Crippen LogP contribution in [-0.2, 0) is 6.42 Å². The minimum atomic E-state index is 0.230. The van der Waals surface area contributed by atoms with E-state index in [9.17, 15) is 0 Å². The van der Waals surface area contributed by atoms with Gasteiger partial charge in [-0.15, -0.1) is 0 Å². The fourth-order valence-electron chi connectivity index (χ4n) is 2.33. The molecule has 0 bridgehead atoms. The lowest BCUT2D eigenvalue weighted by atomic mass is 10.0. The number of hydrogen-bond donors (Lipinski definition) is 0. The summed E-state index contributed by atoms with van der Waals surface area (Å²) in [6.07, 6.45) is 3.68. The fourth-order valence-corrected chi connectivity index (χ4v) is 2.94. The minimum absolute atomic E-state index is 0.230. The molecule has 0 N–H and O–H groups in total. The lowest BCUT2D eigenvalue weighted by molar-refractivity contribution is 0.340. The van der Waals surface area contributed by atoms with Gasteiger partial charge in [0.05, 0.1) is 11.4 Å². The molecule has 2 rings (SSSR count). The molecule has 0 spiro atoms. The molecule has 0 aliphatic rings. The van der Waals surface area contributed by atoms with Crippen molar-refractivity contribution in [3.8, 4) is 5.75 Å². The van der Waals surface area contributed by atoms with Crippen molar-refractivity contribution in [1.29, 1.82) is 0 Å². The molecule has 2 heteroatoms. The van der Waals surface area contributed by atoms with Gasteiger partial charge in [0.2, 0.25) is 0 Å². The Morgan fingerprint density at radius 1 is 0.905 bits per heavy atom. The third kappa shape index (κ3) is 4.60. The smallest absolute Gasteiger partial charge is 0.119 e. The van der Waals surface area contributed by atoms with Crippen LogP contribution >= 0.6 is 15.9 Å². The van der Waals surface area contributed by atoms with Crippen LogP contribution in [-0.4, -0.2) is 6.61 Å². The van der Waals surface area contributed by atoms with Gasteiger partial charge < -0.3 is 4.74 Å². The zero-order valence-electron chi connectivity index (χ0n) is 12.8. The van der Waals surface area contributed by atoms with Crippen molar-refractivity contribution in [3.63, 3.8) is 0 Å². The number of unbranched alkanes of at least 4 members (excludes halogenated alkanes) is 1. The van der Waals surface area contributed by atoms with Gasteiger partial charge in [-0.1, -0.05) is 65.7 Å². The van der Waals surface area contributed by atoms with Crippen LogP contribution in [0, 0.1) is 0 Å². The molecule has 1 atom stereocenters. The van der Waals surface area contributed by atoms with Gasteiger partial charge in [-0.25, -0.2) is 0 Å². The van der Waals surface area contributed by atoms with Crippen molar-refractivity contribution < 1.29 is 4.74 Å². The molecule has 0 saturated heterocycles. The third-order valence-corrected chi connectivity index (χ3v) is 4.63. The minimum Gasteiger partial charge on any atom is -0.494 e. The summed E-state index contributed by atoms with van der Waals surface area (Å²) in [5, 5.41) is 0.